The molecule has 1 fully saturated rings. The third kappa shape index (κ3) is 2.88. The van der Waals surface area contributed by atoms with E-state index < -0.39 is 12.6 Å². The standard InChI is InChI=1S/C9H18F2N2/c1-7(2)4-13-5-8(10)12(3)9(11)6-13/h7-9H,4-6H2,1-3H3. The molecule has 1 rings (SSSR count). The fourth-order valence-electron chi connectivity index (χ4n) is 1.60. The molecule has 0 aromatic carbocycles. The number of nitrogens with zero attached hydrogens (tertiary/aromatic N) is 2. The van der Waals surface area contributed by atoms with E-state index in [1.807, 2.05) is 4.90 Å². The maximum Gasteiger partial charge on any atom is 0.168 e. The summed E-state index contributed by atoms with van der Waals surface area (Å²) in [5.41, 5.74) is 0. The molecule has 0 saturated carbocycles. The van der Waals surface area contributed by atoms with Crippen molar-refractivity contribution < 1.29 is 8.78 Å². The van der Waals surface area contributed by atoms with Crippen LogP contribution in [0, 0.1) is 5.92 Å². The van der Waals surface area contributed by atoms with Gasteiger partial charge >= 0.3 is 0 Å². The third-order valence-corrected chi connectivity index (χ3v) is 2.32. The van der Waals surface area contributed by atoms with Crippen molar-refractivity contribution >= 4 is 0 Å². The van der Waals surface area contributed by atoms with Gasteiger partial charge in [0.05, 0.1) is 0 Å². The van der Waals surface area contributed by atoms with Crippen LogP contribution in [0.2, 0.25) is 0 Å². The van der Waals surface area contributed by atoms with Gasteiger partial charge in [-0.05, 0) is 13.0 Å². The lowest BCUT2D eigenvalue weighted by Crippen LogP contribution is -2.54. The van der Waals surface area contributed by atoms with Crippen LogP contribution in [-0.4, -0.2) is 49.1 Å². The second-order valence-corrected chi connectivity index (χ2v) is 4.15. The van der Waals surface area contributed by atoms with E-state index in [1.165, 1.54) is 7.05 Å². The average molecular weight is 192 g/mol. The summed E-state index contributed by atoms with van der Waals surface area (Å²) in [6, 6.07) is 0. The van der Waals surface area contributed by atoms with Gasteiger partial charge in [0.1, 0.15) is 0 Å². The Labute approximate surface area is 78.5 Å². The lowest BCUT2D eigenvalue weighted by Gasteiger charge is -2.38. The molecule has 0 aromatic heterocycles. The molecule has 1 saturated heterocycles. The molecule has 0 N–H and O–H groups in total. The summed E-state index contributed by atoms with van der Waals surface area (Å²) in [5, 5.41) is 0. The highest BCUT2D eigenvalue weighted by molar-refractivity contribution is 4.77. The van der Waals surface area contributed by atoms with E-state index in [0.29, 0.717) is 19.0 Å². The van der Waals surface area contributed by atoms with Crippen LogP contribution in [0.4, 0.5) is 8.78 Å². The van der Waals surface area contributed by atoms with Gasteiger partial charge in [0.2, 0.25) is 0 Å². The molecular weight excluding hydrogens is 174 g/mol. The molecule has 0 aromatic rings. The normalized spacial score (nSPS) is 32.8. The zero-order valence-electron chi connectivity index (χ0n) is 8.50. The molecule has 0 bridgehead atoms. The van der Waals surface area contributed by atoms with Crippen molar-refractivity contribution in [3.63, 3.8) is 0 Å². The lowest BCUT2D eigenvalue weighted by atomic mass is 10.2. The topological polar surface area (TPSA) is 6.48 Å². The molecule has 0 radical (unpaired) electrons. The van der Waals surface area contributed by atoms with E-state index in [2.05, 4.69) is 13.8 Å². The number of hydrogen-bond acceptors (Lipinski definition) is 2. The maximum atomic E-state index is 13.2. The predicted molar refractivity (Wildman–Crippen MR) is 48.8 cm³/mol. The van der Waals surface area contributed by atoms with Gasteiger partial charge in [-0.3, -0.25) is 4.90 Å². The van der Waals surface area contributed by atoms with Crippen LogP contribution in [-0.2, 0) is 0 Å². The first kappa shape index (κ1) is 10.9. The molecule has 2 atom stereocenters. The summed E-state index contributed by atoms with van der Waals surface area (Å²) in [6.45, 7) is 5.54. The Hall–Kier alpha value is -0.220. The summed E-state index contributed by atoms with van der Waals surface area (Å²) in [6.07, 6.45) is -2.33. The van der Waals surface area contributed by atoms with E-state index in [4.69, 9.17) is 0 Å². The molecule has 13 heavy (non-hydrogen) atoms. The largest absolute Gasteiger partial charge is 0.295 e. The van der Waals surface area contributed by atoms with E-state index in [-0.39, 0.29) is 0 Å². The summed E-state index contributed by atoms with van der Waals surface area (Å²) in [5.74, 6) is 0.461. The lowest BCUT2D eigenvalue weighted by molar-refractivity contribution is -0.0743. The molecule has 1 aliphatic heterocycles. The third-order valence-electron chi connectivity index (χ3n) is 2.32. The monoisotopic (exact) mass is 192 g/mol. The van der Waals surface area contributed by atoms with Crippen LogP contribution in [0.3, 0.4) is 0 Å². The van der Waals surface area contributed by atoms with Gasteiger partial charge < -0.3 is 0 Å². The zero-order chi connectivity index (χ0) is 10.0. The van der Waals surface area contributed by atoms with Crippen molar-refractivity contribution in [2.45, 2.75) is 26.4 Å². The van der Waals surface area contributed by atoms with Gasteiger partial charge in [-0.2, -0.15) is 0 Å². The van der Waals surface area contributed by atoms with Crippen molar-refractivity contribution in [3.8, 4) is 0 Å². The van der Waals surface area contributed by atoms with Crippen molar-refractivity contribution in [2.75, 3.05) is 26.7 Å². The number of hydrogen-bond donors (Lipinski definition) is 0. The molecule has 0 amide bonds. The SMILES string of the molecule is CC(C)CN1CC(F)N(C)C(F)C1. The first-order valence-electron chi connectivity index (χ1n) is 4.73. The Kier molecular flexibility index (Phi) is 3.62. The van der Waals surface area contributed by atoms with Gasteiger partial charge in [-0.25, -0.2) is 13.7 Å². The van der Waals surface area contributed by atoms with Crippen molar-refractivity contribution in [1.82, 2.24) is 9.80 Å². The minimum atomic E-state index is -1.16. The van der Waals surface area contributed by atoms with Crippen LogP contribution in [0.15, 0.2) is 0 Å². The average Bonchev–Trinajstić information content (AvgIpc) is 1.98. The minimum absolute atomic E-state index is 0.328. The number of likely N-dealkylation sites (N-methyl/N-ethyl adjacent to an activating group) is 1. The fourth-order valence-corrected chi connectivity index (χ4v) is 1.60. The zero-order valence-corrected chi connectivity index (χ0v) is 8.50. The van der Waals surface area contributed by atoms with Gasteiger partial charge in [-0.1, -0.05) is 13.8 Å². The van der Waals surface area contributed by atoms with Gasteiger partial charge in [-0.15, -0.1) is 0 Å². The smallest absolute Gasteiger partial charge is 0.168 e. The molecule has 0 aliphatic carbocycles. The Bertz CT molecular complexity index is 152. The fraction of sp³-hybridized carbons (Fsp3) is 1.00. The number of piperazine rings is 1. The highest BCUT2D eigenvalue weighted by Gasteiger charge is 2.31. The molecule has 2 nitrogen and oxygen atoms in total. The minimum Gasteiger partial charge on any atom is -0.295 e. The van der Waals surface area contributed by atoms with Crippen LogP contribution in [0.5, 0.6) is 0 Å². The van der Waals surface area contributed by atoms with Crippen molar-refractivity contribution in [1.29, 1.82) is 0 Å². The van der Waals surface area contributed by atoms with Crippen LogP contribution in [0.1, 0.15) is 13.8 Å². The summed E-state index contributed by atoms with van der Waals surface area (Å²) in [4.78, 5) is 3.00. The van der Waals surface area contributed by atoms with Crippen molar-refractivity contribution in [2.24, 2.45) is 5.92 Å². The molecule has 4 heteroatoms. The molecule has 1 heterocycles. The second-order valence-electron chi connectivity index (χ2n) is 4.15. The van der Waals surface area contributed by atoms with Gasteiger partial charge in [0.15, 0.2) is 12.6 Å². The maximum absolute atomic E-state index is 13.2. The molecule has 0 spiro atoms. The Morgan fingerprint density at radius 1 is 1.23 bits per heavy atom. The van der Waals surface area contributed by atoms with E-state index in [9.17, 15) is 8.78 Å². The Balaban J connectivity index is 2.44. The quantitative estimate of drug-likeness (QED) is 0.611. The highest BCUT2D eigenvalue weighted by Crippen LogP contribution is 2.16. The first-order valence-corrected chi connectivity index (χ1v) is 4.73. The van der Waals surface area contributed by atoms with Crippen LogP contribution >= 0.6 is 0 Å². The molecular formula is C9H18F2N2. The number of halogens is 2. The predicted octanol–water partition coefficient (Wildman–Crippen LogP) is 1.48. The molecule has 2 unspecified atom stereocenters. The highest BCUT2D eigenvalue weighted by atomic mass is 19.2. The van der Waals surface area contributed by atoms with Gasteiger partial charge in [0, 0.05) is 19.6 Å². The summed E-state index contributed by atoms with van der Waals surface area (Å²) in [7, 11) is 1.49. The van der Waals surface area contributed by atoms with Gasteiger partial charge in [0.25, 0.3) is 0 Å². The van der Waals surface area contributed by atoms with Crippen LogP contribution < -0.4 is 0 Å². The van der Waals surface area contributed by atoms with E-state index >= 15 is 0 Å². The number of alkyl halides is 2. The van der Waals surface area contributed by atoms with E-state index in [0.717, 1.165) is 11.4 Å². The summed E-state index contributed by atoms with van der Waals surface area (Å²) >= 11 is 0. The van der Waals surface area contributed by atoms with Crippen molar-refractivity contribution in [3.05, 3.63) is 0 Å². The van der Waals surface area contributed by atoms with Crippen LogP contribution in [0.25, 0.3) is 0 Å². The number of rotatable bonds is 2. The Morgan fingerprint density at radius 3 is 2.08 bits per heavy atom. The molecule has 78 valence electrons. The van der Waals surface area contributed by atoms with E-state index in [1.54, 1.807) is 0 Å². The first-order chi connectivity index (χ1) is 6.00. The second kappa shape index (κ2) is 4.33. The Morgan fingerprint density at radius 2 is 1.69 bits per heavy atom. The summed E-state index contributed by atoms with van der Waals surface area (Å²) < 4.78 is 26.3. The molecule has 1 aliphatic rings.